The van der Waals surface area contributed by atoms with E-state index in [0.29, 0.717) is 6.42 Å². The summed E-state index contributed by atoms with van der Waals surface area (Å²) in [4.78, 5) is 21.9. The quantitative estimate of drug-likeness (QED) is 0.645. The van der Waals surface area contributed by atoms with Gasteiger partial charge in [0.15, 0.2) is 0 Å². The Morgan fingerprint density at radius 2 is 2.16 bits per heavy atom. The lowest BCUT2D eigenvalue weighted by atomic mass is 10.1. The molecule has 1 aromatic rings. The van der Waals surface area contributed by atoms with E-state index in [1.54, 1.807) is 6.92 Å². The van der Waals surface area contributed by atoms with Gasteiger partial charge in [-0.2, -0.15) is 0 Å². The van der Waals surface area contributed by atoms with Crippen molar-refractivity contribution in [3.8, 4) is 0 Å². The lowest BCUT2D eigenvalue weighted by Gasteiger charge is -2.14. The van der Waals surface area contributed by atoms with Crippen LogP contribution >= 0.6 is 23.2 Å². The molecule has 1 unspecified atom stereocenters. The van der Waals surface area contributed by atoms with Gasteiger partial charge in [0.2, 0.25) is 0 Å². The minimum Gasteiger partial charge on any atom is -0.394 e. The first kappa shape index (κ1) is 15.7. The van der Waals surface area contributed by atoms with E-state index in [0.717, 1.165) is 6.07 Å². The number of amides is 1. The minimum absolute atomic E-state index is 0.0213. The lowest BCUT2D eigenvalue weighted by molar-refractivity contribution is -0.384. The number of nitrogens with one attached hydrogen (secondary N) is 1. The highest BCUT2D eigenvalue weighted by atomic mass is 35.5. The van der Waals surface area contributed by atoms with Gasteiger partial charge in [-0.15, -0.1) is 0 Å². The Hall–Kier alpha value is -1.37. The van der Waals surface area contributed by atoms with Crippen molar-refractivity contribution >= 4 is 34.8 Å². The molecule has 0 aromatic heterocycles. The van der Waals surface area contributed by atoms with Crippen molar-refractivity contribution in [1.82, 2.24) is 5.32 Å². The summed E-state index contributed by atoms with van der Waals surface area (Å²) < 4.78 is 0. The third kappa shape index (κ3) is 3.79. The smallest absolute Gasteiger partial charge is 0.290 e. The zero-order chi connectivity index (χ0) is 14.6. The van der Waals surface area contributed by atoms with Crippen molar-refractivity contribution in [2.75, 3.05) is 6.61 Å². The predicted molar refractivity (Wildman–Crippen MR) is 71.7 cm³/mol. The second-order valence-corrected chi connectivity index (χ2v) is 4.59. The number of aliphatic hydroxyl groups excluding tert-OH is 1. The highest BCUT2D eigenvalue weighted by Crippen LogP contribution is 2.33. The van der Waals surface area contributed by atoms with Crippen molar-refractivity contribution in [3.05, 3.63) is 37.9 Å². The summed E-state index contributed by atoms with van der Waals surface area (Å²) >= 11 is 11.4. The fourth-order valence-electron chi connectivity index (χ4n) is 1.38. The van der Waals surface area contributed by atoms with Crippen molar-refractivity contribution in [1.29, 1.82) is 0 Å². The van der Waals surface area contributed by atoms with E-state index >= 15 is 0 Å². The molecular weight excluding hydrogens is 295 g/mol. The molecule has 0 spiro atoms. The first-order chi connectivity index (χ1) is 8.90. The molecule has 0 aliphatic carbocycles. The fraction of sp³-hybridized carbons (Fsp3) is 0.364. The van der Waals surface area contributed by atoms with Crippen LogP contribution in [0.4, 0.5) is 5.69 Å². The van der Waals surface area contributed by atoms with Crippen molar-refractivity contribution in [2.45, 2.75) is 19.4 Å². The van der Waals surface area contributed by atoms with Gasteiger partial charge in [0, 0.05) is 11.6 Å². The highest BCUT2D eigenvalue weighted by molar-refractivity contribution is 6.43. The molecule has 8 heteroatoms. The lowest BCUT2D eigenvalue weighted by Crippen LogP contribution is -2.36. The third-order valence-electron chi connectivity index (χ3n) is 2.52. The fourth-order valence-corrected chi connectivity index (χ4v) is 1.78. The van der Waals surface area contributed by atoms with Gasteiger partial charge in [-0.1, -0.05) is 30.1 Å². The Labute approximate surface area is 119 Å². The molecule has 104 valence electrons. The number of carbonyl (C=O) groups excluding carboxylic acids is 1. The number of benzene rings is 1. The number of hydrogen-bond acceptors (Lipinski definition) is 4. The third-order valence-corrected chi connectivity index (χ3v) is 3.31. The zero-order valence-corrected chi connectivity index (χ0v) is 11.5. The summed E-state index contributed by atoms with van der Waals surface area (Å²) in [7, 11) is 0. The Kier molecular flexibility index (Phi) is 5.53. The van der Waals surface area contributed by atoms with Gasteiger partial charge in [0.25, 0.3) is 11.6 Å². The van der Waals surface area contributed by atoms with Crippen LogP contribution in [0.1, 0.15) is 23.7 Å². The molecule has 0 aliphatic heterocycles. The normalized spacial score (nSPS) is 12.0. The van der Waals surface area contributed by atoms with E-state index in [2.05, 4.69) is 5.32 Å². The van der Waals surface area contributed by atoms with Crippen LogP contribution in [0.5, 0.6) is 0 Å². The number of carbonyl (C=O) groups is 1. The summed E-state index contributed by atoms with van der Waals surface area (Å²) in [5.41, 5.74) is -0.413. The average Bonchev–Trinajstić information content (AvgIpc) is 2.38. The molecule has 0 heterocycles. The van der Waals surface area contributed by atoms with Crippen LogP contribution in [-0.4, -0.2) is 28.6 Å². The molecule has 19 heavy (non-hydrogen) atoms. The number of nitrogens with zero attached hydrogens (tertiary/aromatic N) is 1. The van der Waals surface area contributed by atoms with Gasteiger partial charge < -0.3 is 10.4 Å². The maximum atomic E-state index is 11.9. The molecular formula is C11H12Cl2N2O4. The van der Waals surface area contributed by atoms with E-state index < -0.39 is 22.6 Å². The molecule has 0 aliphatic rings. The van der Waals surface area contributed by atoms with Crippen LogP contribution in [0.15, 0.2) is 12.1 Å². The number of aliphatic hydroxyl groups is 1. The maximum Gasteiger partial charge on any atom is 0.290 e. The van der Waals surface area contributed by atoms with Crippen LogP contribution in [0.25, 0.3) is 0 Å². The molecule has 1 amide bonds. The van der Waals surface area contributed by atoms with Crippen LogP contribution in [0.2, 0.25) is 10.0 Å². The molecule has 0 fully saturated rings. The zero-order valence-electron chi connectivity index (χ0n) is 10.0. The summed E-state index contributed by atoms with van der Waals surface area (Å²) in [6, 6.07) is 1.88. The molecule has 0 radical (unpaired) electrons. The van der Waals surface area contributed by atoms with Gasteiger partial charge in [-0.05, 0) is 12.5 Å². The second kappa shape index (κ2) is 6.70. The number of halogens is 2. The Balaban J connectivity index is 3.07. The second-order valence-electron chi connectivity index (χ2n) is 3.81. The summed E-state index contributed by atoms with van der Waals surface area (Å²) in [5, 5.41) is 22.0. The Morgan fingerprint density at radius 1 is 1.53 bits per heavy atom. The predicted octanol–water partition coefficient (Wildman–Crippen LogP) is 2.40. The van der Waals surface area contributed by atoms with Crippen LogP contribution in [-0.2, 0) is 0 Å². The van der Waals surface area contributed by atoms with Gasteiger partial charge in [0.1, 0.15) is 5.02 Å². The molecule has 0 saturated carbocycles. The first-order valence-electron chi connectivity index (χ1n) is 5.45. The van der Waals surface area contributed by atoms with Crippen molar-refractivity contribution in [2.24, 2.45) is 0 Å². The van der Waals surface area contributed by atoms with Gasteiger partial charge in [-0.3, -0.25) is 14.9 Å². The van der Waals surface area contributed by atoms with E-state index in [1.165, 1.54) is 6.07 Å². The van der Waals surface area contributed by atoms with E-state index in [-0.39, 0.29) is 22.2 Å². The maximum absolute atomic E-state index is 11.9. The Bertz CT molecular complexity index is 504. The molecule has 1 rings (SSSR count). The van der Waals surface area contributed by atoms with Gasteiger partial charge in [0.05, 0.1) is 22.6 Å². The molecule has 6 nitrogen and oxygen atoms in total. The Morgan fingerprint density at radius 3 is 2.63 bits per heavy atom. The SMILES string of the molecule is CCC(CO)NC(=O)c1cc(Cl)c(Cl)c([N+](=O)[O-])c1. The summed E-state index contributed by atoms with van der Waals surface area (Å²) in [6.07, 6.45) is 0.533. The molecule has 2 N–H and O–H groups in total. The first-order valence-corrected chi connectivity index (χ1v) is 6.21. The average molecular weight is 307 g/mol. The summed E-state index contributed by atoms with van der Waals surface area (Å²) in [6.45, 7) is 1.57. The van der Waals surface area contributed by atoms with Crippen molar-refractivity contribution in [3.63, 3.8) is 0 Å². The van der Waals surface area contributed by atoms with Crippen molar-refractivity contribution < 1.29 is 14.8 Å². The largest absolute Gasteiger partial charge is 0.394 e. The monoisotopic (exact) mass is 306 g/mol. The number of rotatable bonds is 5. The molecule has 1 atom stereocenters. The van der Waals surface area contributed by atoms with Crippen LogP contribution in [0, 0.1) is 10.1 Å². The highest BCUT2D eigenvalue weighted by Gasteiger charge is 2.21. The van der Waals surface area contributed by atoms with E-state index in [4.69, 9.17) is 28.3 Å². The van der Waals surface area contributed by atoms with Crippen LogP contribution in [0.3, 0.4) is 0 Å². The standard InChI is InChI=1S/C11H12Cl2N2O4/c1-2-7(5-16)14-11(17)6-3-8(12)10(13)9(4-6)15(18)19/h3-4,7,16H,2,5H2,1H3,(H,14,17). The molecule has 1 aromatic carbocycles. The molecule has 0 bridgehead atoms. The summed E-state index contributed by atoms with van der Waals surface area (Å²) in [5.74, 6) is -0.553. The van der Waals surface area contributed by atoms with Crippen LogP contribution < -0.4 is 5.32 Å². The van der Waals surface area contributed by atoms with Gasteiger partial charge >= 0.3 is 0 Å². The van der Waals surface area contributed by atoms with E-state index in [1.807, 2.05) is 0 Å². The minimum atomic E-state index is -0.714. The topological polar surface area (TPSA) is 92.5 Å². The number of nitro groups is 1. The number of hydrogen-bond donors (Lipinski definition) is 2. The molecule has 0 saturated heterocycles. The van der Waals surface area contributed by atoms with Gasteiger partial charge in [-0.25, -0.2) is 0 Å². The number of nitro benzene ring substituents is 1. The van der Waals surface area contributed by atoms with E-state index in [9.17, 15) is 14.9 Å².